The third-order valence-electron chi connectivity index (χ3n) is 6.39. The maximum Gasteiger partial charge on any atom is 0.318 e. The molecule has 1 aromatic carbocycles. The molecule has 1 aromatic rings. The molecule has 3 unspecified atom stereocenters. The van der Waals surface area contributed by atoms with Crippen molar-refractivity contribution in [1.82, 2.24) is 4.90 Å². The van der Waals surface area contributed by atoms with E-state index in [9.17, 15) is 9.90 Å². The quantitative estimate of drug-likeness (QED) is 0.863. The molecule has 6 atom stereocenters. The Hall–Kier alpha value is -1.39. The minimum absolute atomic E-state index is 0.00362. The van der Waals surface area contributed by atoms with Crippen molar-refractivity contribution < 1.29 is 14.6 Å². The number of piperidine rings is 2. The highest BCUT2D eigenvalue weighted by molar-refractivity contribution is 5.83. The van der Waals surface area contributed by atoms with Crippen LogP contribution in [0, 0.1) is 11.8 Å². The molecule has 3 fully saturated rings. The van der Waals surface area contributed by atoms with Crippen LogP contribution in [0.5, 0.6) is 0 Å². The molecule has 124 valence electrons. The summed E-state index contributed by atoms with van der Waals surface area (Å²) < 4.78 is 5.87. The average molecular weight is 315 g/mol. The van der Waals surface area contributed by atoms with Gasteiger partial charge in [-0.3, -0.25) is 9.69 Å². The summed E-state index contributed by atoms with van der Waals surface area (Å²) >= 11 is 0. The smallest absolute Gasteiger partial charge is 0.318 e. The topological polar surface area (TPSA) is 49.8 Å². The Morgan fingerprint density at radius 2 is 1.83 bits per heavy atom. The van der Waals surface area contributed by atoms with Crippen molar-refractivity contribution in [2.45, 2.75) is 49.8 Å². The highest BCUT2D eigenvalue weighted by Crippen LogP contribution is 2.58. The fourth-order valence-electron chi connectivity index (χ4n) is 4.74. The summed E-state index contributed by atoms with van der Waals surface area (Å²) in [5, 5.41) is 9.84. The second kappa shape index (κ2) is 5.32. The van der Waals surface area contributed by atoms with Gasteiger partial charge in [-0.1, -0.05) is 30.3 Å². The predicted molar refractivity (Wildman–Crippen MR) is 86.9 cm³/mol. The molecule has 0 amide bonds. The fraction of sp³-hybridized carbons (Fsp3) is 0.632. The Kier molecular flexibility index (Phi) is 3.50. The summed E-state index contributed by atoms with van der Waals surface area (Å²) in [5.74, 6) is 1.35. The van der Waals surface area contributed by atoms with Crippen LogP contribution in [0.3, 0.4) is 0 Å². The van der Waals surface area contributed by atoms with Gasteiger partial charge in [-0.15, -0.1) is 0 Å². The molecule has 2 heterocycles. The van der Waals surface area contributed by atoms with Crippen LogP contribution < -0.4 is 0 Å². The maximum absolute atomic E-state index is 12.8. The molecule has 2 saturated heterocycles. The molecule has 0 spiro atoms. The van der Waals surface area contributed by atoms with E-state index in [2.05, 4.69) is 11.9 Å². The van der Waals surface area contributed by atoms with Crippen molar-refractivity contribution in [1.29, 1.82) is 0 Å². The van der Waals surface area contributed by atoms with E-state index in [-0.39, 0.29) is 18.7 Å². The Labute approximate surface area is 137 Å². The number of hydrogen-bond donors (Lipinski definition) is 1. The number of aliphatic hydroxyl groups excluding tert-OH is 1. The van der Waals surface area contributed by atoms with Crippen molar-refractivity contribution in [2.75, 3.05) is 13.7 Å². The molecule has 4 nitrogen and oxygen atoms in total. The first-order valence-electron chi connectivity index (χ1n) is 8.64. The molecule has 0 radical (unpaired) electrons. The van der Waals surface area contributed by atoms with E-state index >= 15 is 0 Å². The van der Waals surface area contributed by atoms with Gasteiger partial charge in [0.25, 0.3) is 0 Å². The summed E-state index contributed by atoms with van der Waals surface area (Å²) in [4.78, 5) is 15.3. The molecule has 0 aromatic heterocycles. The third-order valence-corrected chi connectivity index (χ3v) is 6.39. The van der Waals surface area contributed by atoms with Crippen LogP contribution in [0.4, 0.5) is 0 Å². The molecule has 2 aliphatic heterocycles. The number of carbonyl (C=O) groups excluding carboxylic acids is 1. The lowest BCUT2D eigenvalue weighted by atomic mass is 9.83. The highest BCUT2D eigenvalue weighted by atomic mass is 16.5. The number of aliphatic hydroxyl groups is 1. The van der Waals surface area contributed by atoms with E-state index in [4.69, 9.17) is 4.74 Å². The molecule has 2 bridgehead atoms. The largest absolute Gasteiger partial charge is 0.462 e. The lowest BCUT2D eigenvalue weighted by Crippen LogP contribution is -2.48. The van der Waals surface area contributed by atoms with Crippen molar-refractivity contribution >= 4 is 5.97 Å². The number of hydrogen-bond acceptors (Lipinski definition) is 4. The van der Waals surface area contributed by atoms with E-state index in [1.807, 2.05) is 30.3 Å². The number of esters is 1. The first kappa shape index (κ1) is 15.2. The van der Waals surface area contributed by atoms with Gasteiger partial charge in [0, 0.05) is 24.9 Å². The minimum atomic E-state index is -0.980. The molecular formula is C19H25NO3. The standard InChI is InChI=1S/C19H25NO3/c1-19(11-21,12-6-4-3-5-7-12)18(22)23-13-8-16-14-10-15(14)17(9-13)20(16)2/h3-7,13-17,21H,8-11H2,1-2H3/t13?,14-,15+,16?,17?,19-/m0/s1. The monoisotopic (exact) mass is 315 g/mol. The summed E-state index contributed by atoms with van der Waals surface area (Å²) in [7, 11) is 2.21. The number of ether oxygens (including phenoxy) is 1. The van der Waals surface area contributed by atoms with E-state index in [0.717, 1.165) is 30.2 Å². The highest BCUT2D eigenvalue weighted by Gasteiger charge is 2.60. The summed E-state index contributed by atoms with van der Waals surface area (Å²) in [6.07, 6.45) is 3.24. The Balaban J connectivity index is 1.47. The van der Waals surface area contributed by atoms with Crippen LogP contribution in [0.15, 0.2) is 30.3 Å². The zero-order chi connectivity index (χ0) is 16.2. The average Bonchev–Trinajstić information content (AvgIpc) is 3.33. The predicted octanol–water partition coefficient (Wildman–Crippen LogP) is 1.96. The zero-order valence-electron chi connectivity index (χ0n) is 13.8. The normalized spacial score (nSPS) is 37.8. The van der Waals surface area contributed by atoms with Gasteiger partial charge < -0.3 is 9.84 Å². The SMILES string of the molecule is CN1C2CC(OC(=O)[C@@](C)(CO)c3ccccc3)CC1[C@@H]1C[C@H]21. The number of benzene rings is 1. The van der Waals surface area contributed by atoms with Gasteiger partial charge in [0.05, 0.1) is 6.61 Å². The van der Waals surface area contributed by atoms with Gasteiger partial charge in [0.1, 0.15) is 11.5 Å². The molecule has 3 aliphatic rings. The van der Waals surface area contributed by atoms with Crippen LogP contribution in [-0.4, -0.2) is 47.8 Å². The molecule has 23 heavy (non-hydrogen) atoms. The van der Waals surface area contributed by atoms with Crippen LogP contribution in [0.25, 0.3) is 0 Å². The van der Waals surface area contributed by atoms with Crippen molar-refractivity contribution in [2.24, 2.45) is 11.8 Å². The molecule has 1 aliphatic carbocycles. The molecular weight excluding hydrogens is 290 g/mol. The molecule has 4 rings (SSSR count). The summed E-state index contributed by atoms with van der Waals surface area (Å²) in [6, 6.07) is 10.6. The fourth-order valence-corrected chi connectivity index (χ4v) is 4.74. The lowest BCUT2D eigenvalue weighted by Gasteiger charge is -2.39. The van der Waals surface area contributed by atoms with Gasteiger partial charge in [-0.05, 0) is 37.8 Å². The summed E-state index contributed by atoms with van der Waals surface area (Å²) in [6.45, 7) is 1.53. The van der Waals surface area contributed by atoms with E-state index in [1.54, 1.807) is 6.92 Å². The Morgan fingerprint density at radius 3 is 2.39 bits per heavy atom. The second-order valence-corrected chi connectivity index (χ2v) is 7.72. The zero-order valence-corrected chi connectivity index (χ0v) is 13.8. The van der Waals surface area contributed by atoms with Crippen LogP contribution in [0.2, 0.25) is 0 Å². The second-order valence-electron chi connectivity index (χ2n) is 7.72. The van der Waals surface area contributed by atoms with Crippen molar-refractivity contribution in [3.8, 4) is 0 Å². The molecule has 1 N–H and O–H groups in total. The van der Waals surface area contributed by atoms with Gasteiger partial charge in [-0.2, -0.15) is 0 Å². The first-order chi connectivity index (χ1) is 11.0. The Morgan fingerprint density at radius 1 is 1.22 bits per heavy atom. The minimum Gasteiger partial charge on any atom is -0.462 e. The first-order valence-corrected chi connectivity index (χ1v) is 8.64. The van der Waals surface area contributed by atoms with Crippen molar-refractivity contribution in [3.05, 3.63) is 35.9 Å². The maximum atomic E-state index is 12.8. The van der Waals surface area contributed by atoms with E-state index < -0.39 is 5.41 Å². The van der Waals surface area contributed by atoms with Crippen LogP contribution >= 0.6 is 0 Å². The third kappa shape index (κ3) is 2.31. The Bertz CT molecular complexity index is 586. The van der Waals surface area contributed by atoms with Gasteiger partial charge >= 0.3 is 5.97 Å². The van der Waals surface area contributed by atoms with Crippen molar-refractivity contribution in [3.63, 3.8) is 0 Å². The van der Waals surface area contributed by atoms with Crippen LogP contribution in [-0.2, 0) is 14.9 Å². The number of rotatable bonds is 4. The van der Waals surface area contributed by atoms with Gasteiger partial charge in [0.15, 0.2) is 0 Å². The summed E-state index contributed by atoms with van der Waals surface area (Å²) in [5.41, 5.74) is -0.168. The molecule has 4 heteroatoms. The number of nitrogens with zero attached hydrogens (tertiary/aromatic N) is 1. The van der Waals surface area contributed by atoms with Crippen LogP contribution in [0.1, 0.15) is 31.7 Å². The number of carbonyl (C=O) groups is 1. The van der Waals surface area contributed by atoms with E-state index in [1.165, 1.54) is 6.42 Å². The van der Waals surface area contributed by atoms with Gasteiger partial charge in [-0.25, -0.2) is 0 Å². The number of fused-ring (bicyclic) bond motifs is 5. The van der Waals surface area contributed by atoms with E-state index in [0.29, 0.717) is 12.1 Å². The molecule has 1 saturated carbocycles. The van der Waals surface area contributed by atoms with Gasteiger partial charge in [0.2, 0.25) is 0 Å². The lowest BCUT2D eigenvalue weighted by molar-refractivity contribution is -0.161.